The summed E-state index contributed by atoms with van der Waals surface area (Å²) >= 11 is 0. The zero-order valence-electron chi connectivity index (χ0n) is 25.3. The Hall–Kier alpha value is -5.86. The molecule has 1 aliphatic rings. The molecule has 0 aliphatic heterocycles. The Balaban J connectivity index is 1.23. The minimum atomic E-state index is 1.02. The van der Waals surface area contributed by atoms with Crippen LogP contribution in [0.3, 0.4) is 0 Å². The number of aromatic nitrogens is 2. The van der Waals surface area contributed by atoms with Crippen LogP contribution in [0.2, 0.25) is 0 Å². The van der Waals surface area contributed by atoms with Gasteiger partial charge < -0.3 is 9.13 Å². The molecule has 0 saturated heterocycles. The van der Waals surface area contributed by atoms with Gasteiger partial charge in [-0.25, -0.2) is 0 Å². The summed E-state index contributed by atoms with van der Waals surface area (Å²) in [6, 6.07) is 53.5. The lowest BCUT2D eigenvalue weighted by Crippen LogP contribution is -2.05. The predicted octanol–water partition coefficient (Wildman–Crippen LogP) is 11.7. The van der Waals surface area contributed by atoms with Crippen molar-refractivity contribution in [3.05, 3.63) is 163 Å². The highest BCUT2D eigenvalue weighted by molar-refractivity contribution is 6.12. The van der Waals surface area contributed by atoms with E-state index in [2.05, 4.69) is 167 Å². The fourth-order valence-electron chi connectivity index (χ4n) is 8.06. The van der Waals surface area contributed by atoms with Crippen LogP contribution in [-0.4, -0.2) is 9.13 Å². The number of rotatable bonds is 3. The molecule has 7 aromatic carbocycles. The van der Waals surface area contributed by atoms with Crippen molar-refractivity contribution in [2.75, 3.05) is 0 Å². The first-order chi connectivity index (χ1) is 22.9. The van der Waals surface area contributed by atoms with E-state index >= 15 is 0 Å². The smallest absolute Gasteiger partial charge is 0.0541 e. The van der Waals surface area contributed by atoms with Crippen molar-refractivity contribution in [1.82, 2.24) is 9.13 Å². The van der Waals surface area contributed by atoms with Crippen molar-refractivity contribution in [1.29, 1.82) is 0 Å². The van der Waals surface area contributed by atoms with Crippen molar-refractivity contribution in [3.63, 3.8) is 0 Å². The molecule has 2 heteroatoms. The van der Waals surface area contributed by atoms with Gasteiger partial charge >= 0.3 is 0 Å². The molecular weight excluding hydrogens is 556 g/mol. The lowest BCUT2D eigenvalue weighted by molar-refractivity contribution is 0.979. The number of benzene rings is 7. The summed E-state index contributed by atoms with van der Waals surface area (Å²) in [5.41, 5.74) is 12.8. The maximum absolute atomic E-state index is 2.46. The summed E-state index contributed by atoms with van der Waals surface area (Å²) < 4.78 is 4.91. The van der Waals surface area contributed by atoms with Crippen LogP contribution < -0.4 is 0 Å². The van der Waals surface area contributed by atoms with Gasteiger partial charge in [-0.05, 0) is 71.3 Å². The largest absolute Gasteiger partial charge is 0.309 e. The first-order valence-corrected chi connectivity index (χ1v) is 16.2. The maximum atomic E-state index is 2.46. The Bertz CT molecular complexity index is 2590. The lowest BCUT2D eigenvalue weighted by Gasteiger charge is -2.22. The fourth-order valence-corrected chi connectivity index (χ4v) is 8.06. The Morgan fingerprint density at radius 3 is 1.37 bits per heavy atom. The van der Waals surface area contributed by atoms with E-state index in [9.17, 15) is 0 Å². The SMILES string of the molecule is C1=Cc2c(-n3c4ccccc4c4ccccc43)ccc(-c3ccc(-n4c5ccccc5c5ccccc54)c4ccccc34)c2CC1. The summed E-state index contributed by atoms with van der Waals surface area (Å²) in [7, 11) is 0. The summed E-state index contributed by atoms with van der Waals surface area (Å²) in [4.78, 5) is 0. The minimum absolute atomic E-state index is 1.02. The predicted molar refractivity (Wildman–Crippen MR) is 195 cm³/mol. The number of hydrogen-bond donors (Lipinski definition) is 0. The number of allylic oxidation sites excluding steroid dienone is 1. The molecule has 0 amide bonds. The Labute approximate surface area is 267 Å². The first kappa shape index (κ1) is 25.5. The van der Waals surface area contributed by atoms with Crippen molar-refractivity contribution in [2.45, 2.75) is 12.8 Å². The second kappa shape index (κ2) is 9.82. The average Bonchev–Trinajstić information content (AvgIpc) is 3.64. The molecule has 46 heavy (non-hydrogen) atoms. The van der Waals surface area contributed by atoms with Crippen molar-refractivity contribution in [2.24, 2.45) is 0 Å². The Morgan fingerprint density at radius 1 is 0.370 bits per heavy atom. The van der Waals surface area contributed by atoms with E-state index in [0.29, 0.717) is 0 Å². The van der Waals surface area contributed by atoms with Gasteiger partial charge in [0.1, 0.15) is 0 Å². The second-order valence-corrected chi connectivity index (χ2v) is 12.4. The molecule has 10 rings (SSSR count). The Morgan fingerprint density at radius 2 is 0.804 bits per heavy atom. The molecule has 9 aromatic rings. The summed E-state index contributed by atoms with van der Waals surface area (Å²) in [6.45, 7) is 0. The molecule has 0 bridgehead atoms. The molecule has 0 radical (unpaired) electrons. The highest BCUT2D eigenvalue weighted by Gasteiger charge is 2.22. The summed E-state index contributed by atoms with van der Waals surface area (Å²) in [6.07, 6.45) is 6.77. The minimum Gasteiger partial charge on any atom is -0.309 e. The third-order valence-electron chi connectivity index (χ3n) is 10.0. The molecule has 2 nitrogen and oxygen atoms in total. The van der Waals surface area contributed by atoms with Gasteiger partial charge in [-0.2, -0.15) is 0 Å². The quantitative estimate of drug-likeness (QED) is 0.195. The van der Waals surface area contributed by atoms with E-state index in [4.69, 9.17) is 0 Å². The van der Waals surface area contributed by atoms with Crippen LogP contribution in [0.25, 0.3) is 83.0 Å². The van der Waals surface area contributed by atoms with E-state index in [1.165, 1.54) is 88.0 Å². The number of hydrogen-bond acceptors (Lipinski definition) is 0. The van der Waals surface area contributed by atoms with E-state index in [-0.39, 0.29) is 0 Å². The van der Waals surface area contributed by atoms with Gasteiger partial charge in [0.15, 0.2) is 0 Å². The van der Waals surface area contributed by atoms with Gasteiger partial charge in [-0.15, -0.1) is 0 Å². The zero-order chi connectivity index (χ0) is 30.2. The van der Waals surface area contributed by atoms with Gasteiger partial charge in [0.05, 0.1) is 33.4 Å². The molecule has 0 spiro atoms. The van der Waals surface area contributed by atoms with Crippen molar-refractivity contribution in [3.8, 4) is 22.5 Å². The molecule has 1 aliphatic carbocycles. The maximum Gasteiger partial charge on any atom is 0.0541 e. The first-order valence-electron chi connectivity index (χ1n) is 16.2. The van der Waals surface area contributed by atoms with Gasteiger partial charge in [-0.3, -0.25) is 0 Å². The van der Waals surface area contributed by atoms with E-state index < -0.39 is 0 Å². The van der Waals surface area contributed by atoms with Gasteiger partial charge in [0.25, 0.3) is 0 Å². The van der Waals surface area contributed by atoms with Crippen LogP contribution in [0.5, 0.6) is 0 Å². The number of para-hydroxylation sites is 4. The molecule has 2 aromatic heterocycles. The zero-order valence-corrected chi connectivity index (χ0v) is 25.3. The van der Waals surface area contributed by atoms with E-state index in [1.54, 1.807) is 0 Å². The third kappa shape index (κ3) is 3.53. The Kier molecular flexibility index (Phi) is 5.44. The molecule has 216 valence electrons. The van der Waals surface area contributed by atoms with E-state index in [1.807, 2.05) is 0 Å². The number of nitrogens with zero attached hydrogens (tertiary/aromatic N) is 2. The standard InChI is InChI=1S/C44H30N2/c1-3-15-33-29(13-1)31(25-27-43(33)45-39-21-9-5-17-35(39)36-18-6-10-22-40(36)45)32-26-28-44(34-16-4-2-14-30(32)34)46-41-23-11-7-19-37(41)38-20-8-12-24-42(38)46/h1,3-13,15-28H,2,14H2. The van der Waals surface area contributed by atoms with Gasteiger partial charge in [0, 0.05) is 32.5 Å². The van der Waals surface area contributed by atoms with Crippen LogP contribution in [0.15, 0.2) is 152 Å². The molecule has 2 heterocycles. The monoisotopic (exact) mass is 586 g/mol. The summed E-state index contributed by atoms with van der Waals surface area (Å²) in [5.74, 6) is 0. The van der Waals surface area contributed by atoms with Crippen LogP contribution in [0, 0.1) is 0 Å². The molecule has 0 atom stereocenters. The third-order valence-corrected chi connectivity index (χ3v) is 10.0. The van der Waals surface area contributed by atoms with Crippen LogP contribution in [0.1, 0.15) is 17.5 Å². The second-order valence-electron chi connectivity index (χ2n) is 12.4. The van der Waals surface area contributed by atoms with E-state index in [0.717, 1.165) is 12.8 Å². The molecular formula is C44H30N2. The average molecular weight is 587 g/mol. The highest BCUT2D eigenvalue weighted by Crippen LogP contribution is 2.42. The summed E-state index contributed by atoms with van der Waals surface area (Å²) in [5, 5.41) is 7.70. The lowest BCUT2D eigenvalue weighted by atomic mass is 9.86. The molecule has 0 N–H and O–H groups in total. The highest BCUT2D eigenvalue weighted by atomic mass is 15.0. The topological polar surface area (TPSA) is 9.86 Å². The van der Waals surface area contributed by atoms with Gasteiger partial charge in [-0.1, -0.05) is 121 Å². The van der Waals surface area contributed by atoms with Crippen molar-refractivity contribution < 1.29 is 0 Å². The molecule has 0 saturated carbocycles. The van der Waals surface area contributed by atoms with Crippen LogP contribution in [-0.2, 0) is 6.42 Å². The fraction of sp³-hybridized carbons (Fsp3) is 0.0455. The number of fused-ring (bicyclic) bond motifs is 8. The molecule has 0 unspecified atom stereocenters. The molecule has 0 fully saturated rings. The van der Waals surface area contributed by atoms with Crippen LogP contribution >= 0.6 is 0 Å². The normalized spacial score (nSPS) is 13.0. The van der Waals surface area contributed by atoms with Gasteiger partial charge in [0.2, 0.25) is 0 Å². The van der Waals surface area contributed by atoms with Crippen LogP contribution in [0.4, 0.5) is 0 Å². The van der Waals surface area contributed by atoms with Crippen molar-refractivity contribution >= 4 is 60.5 Å².